The molecule has 1 aromatic rings. The number of benzene rings is 1. The van der Waals surface area contributed by atoms with Crippen LogP contribution in [0.1, 0.15) is 41.6 Å². The van der Waals surface area contributed by atoms with Crippen LogP contribution in [0.3, 0.4) is 0 Å². The number of rotatable bonds is 4. The van der Waals surface area contributed by atoms with Crippen LogP contribution >= 0.6 is 0 Å². The summed E-state index contributed by atoms with van der Waals surface area (Å²) in [6.07, 6.45) is 2.27. The number of piperidine rings is 2. The number of carbonyl (C=O) groups excluding carboxylic acids is 3. The molecule has 30 heavy (non-hydrogen) atoms. The van der Waals surface area contributed by atoms with Crippen LogP contribution in [-0.2, 0) is 16.1 Å². The average Bonchev–Trinajstić information content (AvgIpc) is 3.01. The summed E-state index contributed by atoms with van der Waals surface area (Å²) in [7, 11) is 0. The van der Waals surface area contributed by atoms with Crippen molar-refractivity contribution in [3.63, 3.8) is 0 Å². The Balaban J connectivity index is 1.19. The van der Waals surface area contributed by atoms with Crippen molar-refractivity contribution in [2.75, 3.05) is 37.6 Å². The van der Waals surface area contributed by atoms with Gasteiger partial charge >= 0.3 is 0 Å². The van der Waals surface area contributed by atoms with E-state index >= 15 is 0 Å². The Kier molecular flexibility index (Phi) is 4.99. The Hall–Kier alpha value is -2.45. The molecule has 3 amide bonds. The lowest BCUT2D eigenvalue weighted by Gasteiger charge is -2.44. The van der Waals surface area contributed by atoms with Crippen LogP contribution in [0.2, 0.25) is 0 Å². The third-order valence-electron chi connectivity index (χ3n) is 6.90. The van der Waals surface area contributed by atoms with Crippen LogP contribution in [-0.4, -0.2) is 77.5 Å². The topological polar surface area (TPSA) is 93.2 Å². The minimum Gasteiger partial charge on any atom is -0.393 e. The van der Waals surface area contributed by atoms with E-state index in [1.54, 1.807) is 4.90 Å². The summed E-state index contributed by atoms with van der Waals surface area (Å²) in [4.78, 5) is 42.8. The SMILES string of the molecule is O=C1CCC(N2Cc3cc(N4CC(CN5CCC(O)CC5)C4)ccc3C2=O)C(=O)N1. The second-order valence-electron chi connectivity index (χ2n) is 9.04. The van der Waals surface area contributed by atoms with Gasteiger partial charge in [-0.2, -0.15) is 0 Å². The number of nitrogens with zero attached hydrogens (tertiary/aromatic N) is 3. The molecule has 0 aromatic heterocycles. The first kappa shape index (κ1) is 19.5. The highest BCUT2D eigenvalue weighted by Gasteiger charge is 2.39. The molecule has 0 bridgehead atoms. The van der Waals surface area contributed by atoms with E-state index in [2.05, 4.69) is 21.2 Å². The number of amides is 3. The number of anilines is 1. The van der Waals surface area contributed by atoms with Crippen LogP contribution in [0, 0.1) is 5.92 Å². The molecule has 5 rings (SSSR count). The summed E-state index contributed by atoms with van der Waals surface area (Å²) in [5.74, 6) is -0.130. The Labute approximate surface area is 175 Å². The van der Waals surface area contributed by atoms with Crippen molar-refractivity contribution in [3.05, 3.63) is 29.3 Å². The number of hydrogen-bond acceptors (Lipinski definition) is 6. The first-order valence-electron chi connectivity index (χ1n) is 10.9. The van der Waals surface area contributed by atoms with Crippen LogP contribution in [0.15, 0.2) is 18.2 Å². The van der Waals surface area contributed by atoms with Gasteiger partial charge in [-0.05, 0) is 43.0 Å². The van der Waals surface area contributed by atoms with E-state index in [4.69, 9.17) is 0 Å². The van der Waals surface area contributed by atoms with Gasteiger partial charge < -0.3 is 19.8 Å². The van der Waals surface area contributed by atoms with E-state index in [0.29, 0.717) is 24.4 Å². The molecule has 1 aromatic carbocycles. The van der Waals surface area contributed by atoms with Gasteiger partial charge in [0, 0.05) is 62.9 Å². The van der Waals surface area contributed by atoms with Crippen molar-refractivity contribution in [1.29, 1.82) is 0 Å². The lowest BCUT2D eigenvalue weighted by Crippen LogP contribution is -2.52. The van der Waals surface area contributed by atoms with Crippen molar-refractivity contribution >= 4 is 23.4 Å². The highest BCUT2D eigenvalue weighted by molar-refractivity contribution is 6.05. The molecule has 0 spiro atoms. The molecule has 8 nitrogen and oxygen atoms in total. The standard InChI is InChI=1S/C22H28N4O4/c27-17-5-7-24(8-6-17)10-14-11-25(12-14)16-1-2-18-15(9-16)13-26(22(18)30)19-3-4-20(28)23-21(19)29/h1-2,9,14,17,19,27H,3-8,10-13H2,(H,23,28,29). The van der Waals surface area contributed by atoms with Gasteiger partial charge in [-0.15, -0.1) is 0 Å². The third-order valence-corrected chi connectivity index (χ3v) is 6.90. The van der Waals surface area contributed by atoms with E-state index in [9.17, 15) is 19.5 Å². The van der Waals surface area contributed by atoms with Gasteiger partial charge in [0.15, 0.2) is 0 Å². The second kappa shape index (κ2) is 7.67. The van der Waals surface area contributed by atoms with Gasteiger partial charge in [0.2, 0.25) is 11.8 Å². The summed E-state index contributed by atoms with van der Waals surface area (Å²) in [6.45, 7) is 5.46. The molecular formula is C22H28N4O4. The number of nitrogens with one attached hydrogen (secondary N) is 1. The normalized spacial score (nSPS) is 26.0. The Morgan fingerprint density at radius 3 is 2.57 bits per heavy atom. The molecule has 0 aliphatic carbocycles. The van der Waals surface area contributed by atoms with E-state index in [1.807, 2.05) is 12.1 Å². The maximum atomic E-state index is 12.8. The molecule has 8 heteroatoms. The van der Waals surface area contributed by atoms with Gasteiger partial charge in [0.05, 0.1) is 6.10 Å². The Morgan fingerprint density at radius 2 is 1.83 bits per heavy atom. The summed E-state index contributed by atoms with van der Waals surface area (Å²) >= 11 is 0. The number of likely N-dealkylation sites (tertiary alicyclic amines) is 1. The smallest absolute Gasteiger partial charge is 0.255 e. The maximum absolute atomic E-state index is 12.8. The minimum absolute atomic E-state index is 0.125. The monoisotopic (exact) mass is 412 g/mol. The number of carbonyl (C=O) groups is 3. The van der Waals surface area contributed by atoms with Crippen LogP contribution in [0.25, 0.3) is 0 Å². The van der Waals surface area contributed by atoms with Crippen LogP contribution in [0.4, 0.5) is 5.69 Å². The zero-order chi connectivity index (χ0) is 20.8. The molecule has 2 N–H and O–H groups in total. The summed E-state index contributed by atoms with van der Waals surface area (Å²) in [5, 5.41) is 12.0. The highest BCUT2D eigenvalue weighted by Crippen LogP contribution is 2.33. The quantitative estimate of drug-likeness (QED) is 0.693. The summed E-state index contributed by atoms with van der Waals surface area (Å²) < 4.78 is 0. The van der Waals surface area contributed by atoms with Gasteiger partial charge in [0.25, 0.3) is 5.91 Å². The number of hydrogen-bond donors (Lipinski definition) is 2. The number of imide groups is 1. The molecule has 1 atom stereocenters. The van der Waals surface area contributed by atoms with Gasteiger partial charge in [-0.1, -0.05) is 0 Å². The largest absolute Gasteiger partial charge is 0.393 e. The molecule has 0 radical (unpaired) electrons. The van der Waals surface area contributed by atoms with Crippen molar-refractivity contribution in [2.45, 2.75) is 44.4 Å². The molecule has 3 saturated heterocycles. The van der Waals surface area contributed by atoms with E-state index < -0.39 is 6.04 Å². The summed E-state index contributed by atoms with van der Waals surface area (Å²) in [5.41, 5.74) is 2.74. The predicted molar refractivity (Wildman–Crippen MR) is 110 cm³/mol. The first-order chi connectivity index (χ1) is 14.5. The highest BCUT2D eigenvalue weighted by atomic mass is 16.3. The number of aliphatic hydroxyl groups is 1. The first-order valence-corrected chi connectivity index (χ1v) is 10.9. The molecule has 4 heterocycles. The van der Waals surface area contributed by atoms with Crippen LogP contribution < -0.4 is 10.2 Å². The zero-order valence-corrected chi connectivity index (χ0v) is 17.0. The molecule has 4 aliphatic heterocycles. The van der Waals surface area contributed by atoms with E-state index in [1.165, 1.54) is 0 Å². The van der Waals surface area contributed by atoms with Crippen molar-refractivity contribution in [2.24, 2.45) is 5.92 Å². The van der Waals surface area contributed by atoms with Crippen molar-refractivity contribution in [3.8, 4) is 0 Å². The zero-order valence-electron chi connectivity index (χ0n) is 17.0. The summed E-state index contributed by atoms with van der Waals surface area (Å²) in [6, 6.07) is 5.38. The average molecular weight is 412 g/mol. The number of fused-ring (bicyclic) bond motifs is 1. The fraction of sp³-hybridized carbons (Fsp3) is 0.591. The molecule has 3 fully saturated rings. The predicted octanol–water partition coefficient (Wildman–Crippen LogP) is 0.341. The Morgan fingerprint density at radius 1 is 1.07 bits per heavy atom. The van der Waals surface area contributed by atoms with Gasteiger partial charge in [0.1, 0.15) is 6.04 Å². The lowest BCUT2D eigenvalue weighted by molar-refractivity contribution is -0.136. The van der Waals surface area contributed by atoms with Crippen molar-refractivity contribution in [1.82, 2.24) is 15.1 Å². The molecule has 1 unspecified atom stereocenters. The van der Waals surface area contributed by atoms with Gasteiger partial charge in [-0.25, -0.2) is 0 Å². The Bertz CT molecular complexity index is 874. The lowest BCUT2D eigenvalue weighted by atomic mass is 9.96. The van der Waals surface area contributed by atoms with Crippen molar-refractivity contribution < 1.29 is 19.5 Å². The van der Waals surface area contributed by atoms with Gasteiger partial charge in [-0.3, -0.25) is 19.7 Å². The number of aliphatic hydroxyl groups excluding tert-OH is 1. The molecule has 0 saturated carbocycles. The minimum atomic E-state index is -0.567. The van der Waals surface area contributed by atoms with E-state index in [0.717, 1.165) is 56.8 Å². The molecule has 4 aliphatic rings. The van der Waals surface area contributed by atoms with Crippen LogP contribution in [0.5, 0.6) is 0 Å². The maximum Gasteiger partial charge on any atom is 0.255 e. The fourth-order valence-corrected chi connectivity index (χ4v) is 5.12. The molecule has 160 valence electrons. The van der Waals surface area contributed by atoms with E-state index in [-0.39, 0.29) is 30.2 Å². The third kappa shape index (κ3) is 3.58. The molecular weight excluding hydrogens is 384 g/mol. The fourth-order valence-electron chi connectivity index (χ4n) is 5.12. The second-order valence-corrected chi connectivity index (χ2v) is 9.04.